The number of aromatic amines is 1. The predicted octanol–water partition coefficient (Wildman–Crippen LogP) is 1.49. The van der Waals surface area contributed by atoms with Crippen molar-refractivity contribution in [2.75, 3.05) is 13.2 Å². The molecule has 1 aromatic heterocycles. The minimum Gasteiger partial charge on any atom is -0.395 e. The molecule has 0 bridgehead atoms. The Labute approximate surface area is 116 Å². The number of rotatable bonds is 4. The highest BCUT2D eigenvalue weighted by Crippen LogP contribution is 2.24. The Morgan fingerprint density at radius 1 is 1.50 bits per heavy atom. The first-order valence-corrected chi connectivity index (χ1v) is 6.25. The van der Waals surface area contributed by atoms with Gasteiger partial charge in [-0.3, -0.25) is 4.79 Å². The summed E-state index contributed by atoms with van der Waals surface area (Å²) in [4.78, 5) is 15.0. The van der Waals surface area contributed by atoms with Crippen molar-refractivity contribution in [3.8, 4) is 6.07 Å². The van der Waals surface area contributed by atoms with Gasteiger partial charge >= 0.3 is 0 Å². The average molecular weight is 269 g/mol. The summed E-state index contributed by atoms with van der Waals surface area (Å²) in [6.07, 6.45) is 1.57. The molecule has 20 heavy (non-hydrogen) atoms. The summed E-state index contributed by atoms with van der Waals surface area (Å²) in [6, 6.07) is 9.60. The van der Waals surface area contributed by atoms with Crippen molar-refractivity contribution in [1.29, 1.82) is 5.26 Å². The van der Waals surface area contributed by atoms with Crippen molar-refractivity contribution in [3.63, 3.8) is 0 Å². The van der Waals surface area contributed by atoms with E-state index in [0.29, 0.717) is 0 Å². The normalized spacial score (nSPS) is 11.3. The highest BCUT2D eigenvalue weighted by atomic mass is 16.3. The largest absolute Gasteiger partial charge is 0.395 e. The molecule has 0 atom stereocenters. The Morgan fingerprint density at radius 2 is 2.25 bits per heavy atom. The van der Waals surface area contributed by atoms with Gasteiger partial charge in [-0.2, -0.15) is 5.26 Å². The van der Waals surface area contributed by atoms with Gasteiger partial charge in [0, 0.05) is 28.7 Å². The van der Waals surface area contributed by atoms with Gasteiger partial charge in [0.25, 0.3) is 5.91 Å². The molecule has 5 heteroatoms. The number of aromatic nitrogens is 1. The lowest BCUT2D eigenvalue weighted by molar-refractivity contribution is -0.117. The predicted molar refractivity (Wildman–Crippen MR) is 76.7 cm³/mol. The highest BCUT2D eigenvalue weighted by molar-refractivity contribution is 6.04. The molecule has 0 saturated heterocycles. The average Bonchev–Trinajstić information content (AvgIpc) is 2.77. The van der Waals surface area contributed by atoms with Gasteiger partial charge in [-0.1, -0.05) is 18.2 Å². The summed E-state index contributed by atoms with van der Waals surface area (Å²) >= 11 is 0. The summed E-state index contributed by atoms with van der Waals surface area (Å²) in [7, 11) is 0. The SMILES string of the molecule is Cc1[nH]c2ccccc2c1/C=C(/C#N)C(=O)NCCO. The zero-order valence-electron chi connectivity index (χ0n) is 11.1. The van der Waals surface area contributed by atoms with Crippen molar-refractivity contribution in [3.05, 3.63) is 41.1 Å². The van der Waals surface area contributed by atoms with Gasteiger partial charge in [-0.25, -0.2) is 0 Å². The number of amides is 1. The molecule has 0 unspecified atom stereocenters. The number of H-pyrrole nitrogens is 1. The number of carbonyl (C=O) groups excluding carboxylic acids is 1. The van der Waals surface area contributed by atoms with Crippen LogP contribution in [0.2, 0.25) is 0 Å². The maximum Gasteiger partial charge on any atom is 0.262 e. The summed E-state index contributed by atoms with van der Waals surface area (Å²) < 4.78 is 0. The van der Waals surface area contributed by atoms with Crippen molar-refractivity contribution in [1.82, 2.24) is 10.3 Å². The maximum atomic E-state index is 11.8. The van der Waals surface area contributed by atoms with Gasteiger partial charge in [-0.15, -0.1) is 0 Å². The van der Waals surface area contributed by atoms with Crippen LogP contribution in [0.4, 0.5) is 0 Å². The number of para-hydroxylation sites is 1. The van der Waals surface area contributed by atoms with E-state index >= 15 is 0 Å². The smallest absolute Gasteiger partial charge is 0.262 e. The topological polar surface area (TPSA) is 88.9 Å². The summed E-state index contributed by atoms with van der Waals surface area (Å²) in [5, 5.41) is 21.2. The van der Waals surface area contributed by atoms with Gasteiger partial charge in [0.15, 0.2) is 0 Å². The first-order valence-electron chi connectivity index (χ1n) is 6.25. The Bertz CT molecular complexity index is 707. The maximum absolute atomic E-state index is 11.8. The minimum absolute atomic E-state index is 0.0197. The standard InChI is InChI=1S/C15H15N3O2/c1-10-13(12-4-2-3-5-14(12)18-10)8-11(9-16)15(20)17-6-7-19/h2-5,8,18-19H,6-7H2,1H3,(H,17,20)/b11-8-. The van der Waals surface area contributed by atoms with Crippen LogP contribution in [0.1, 0.15) is 11.3 Å². The van der Waals surface area contributed by atoms with E-state index in [1.54, 1.807) is 6.08 Å². The molecule has 102 valence electrons. The molecule has 0 spiro atoms. The van der Waals surface area contributed by atoms with E-state index in [1.807, 2.05) is 37.3 Å². The quantitative estimate of drug-likeness (QED) is 0.580. The lowest BCUT2D eigenvalue weighted by atomic mass is 10.1. The molecule has 2 rings (SSSR count). The molecule has 2 aromatic rings. The molecule has 0 aliphatic heterocycles. The van der Waals surface area contributed by atoms with Crippen LogP contribution in [-0.2, 0) is 4.79 Å². The van der Waals surface area contributed by atoms with Crippen LogP contribution in [0.15, 0.2) is 29.8 Å². The Morgan fingerprint density at radius 3 is 2.95 bits per heavy atom. The van der Waals surface area contributed by atoms with E-state index in [-0.39, 0.29) is 18.7 Å². The van der Waals surface area contributed by atoms with Gasteiger partial charge in [-0.05, 0) is 19.1 Å². The molecule has 1 aromatic carbocycles. The second-order valence-corrected chi connectivity index (χ2v) is 4.36. The Kier molecular flexibility index (Phi) is 4.18. The molecular weight excluding hydrogens is 254 g/mol. The molecule has 3 N–H and O–H groups in total. The van der Waals surface area contributed by atoms with Crippen LogP contribution >= 0.6 is 0 Å². The van der Waals surface area contributed by atoms with Crippen molar-refractivity contribution >= 4 is 22.9 Å². The third-order valence-corrected chi connectivity index (χ3v) is 2.99. The molecule has 0 aliphatic carbocycles. The zero-order valence-corrected chi connectivity index (χ0v) is 11.1. The number of benzene rings is 1. The number of aliphatic hydroxyl groups is 1. The van der Waals surface area contributed by atoms with Crippen LogP contribution in [0.25, 0.3) is 17.0 Å². The fourth-order valence-corrected chi connectivity index (χ4v) is 2.04. The van der Waals surface area contributed by atoms with Crippen LogP contribution in [0.5, 0.6) is 0 Å². The molecule has 0 radical (unpaired) electrons. The number of hydrogen-bond acceptors (Lipinski definition) is 3. The van der Waals surface area contributed by atoms with E-state index in [2.05, 4.69) is 10.3 Å². The number of carbonyl (C=O) groups is 1. The van der Waals surface area contributed by atoms with Gasteiger partial charge < -0.3 is 15.4 Å². The van der Waals surface area contributed by atoms with E-state index in [9.17, 15) is 4.79 Å². The number of nitrogens with one attached hydrogen (secondary N) is 2. The van der Waals surface area contributed by atoms with Crippen LogP contribution in [-0.4, -0.2) is 29.1 Å². The van der Waals surface area contributed by atoms with Gasteiger partial charge in [0.05, 0.1) is 6.61 Å². The van der Waals surface area contributed by atoms with Crippen molar-refractivity contribution < 1.29 is 9.90 Å². The summed E-state index contributed by atoms with van der Waals surface area (Å²) in [5.41, 5.74) is 2.71. The number of aryl methyl sites for hydroxylation is 1. The van der Waals surface area contributed by atoms with Crippen molar-refractivity contribution in [2.45, 2.75) is 6.92 Å². The molecule has 0 aliphatic rings. The van der Waals surface area contributed by atoms with Crippen molar-refractivity contribution in [2.24, 2.45) is 0 Å². The Balaban J connectivity index is 2.42. The fraction of sp³-hybridized carbons (Fsp3) is 0.200. The fourth-order valence-electron chi connectivity index (χ4n) is 2.04. The third kappa shape index (κ3) is 2.71. The summed E-state index contributed by atoms with van der Waals surface area (Å²) in [6.45, 7) is 1.87. The first kappa shape index (κ1) is 13.8. The number of hydrogen-bond donors (Lipinski definition) is 3. The monoisotopic (exact) mass is 269 g/mol. The second kappa shape index (κ2) is 6.04. The number of nitrogens with zero attached hydrogens (tertiary/aromatic N) is 1. The Hall–Kier alpha value is -2.58. The molecule has 0 fully saturated rings. The molecule has 1 heterocycles. The van der Waals surface area contributed by atoms with E-state index in [1.165, 1.54) is 0 Å². The lowest BCUT2D eigenvalue weighted by Crippen LogP contribution is -2.27. The minimum atomic E-state index is -0.480. The molecule has 1 amide bonds. The number of fused-ring (bicyclic) bond motifs is 1. The van der Waals surface area contributed by atoms with Gasteiger partial charge in [0.2, 0.25) is 0 Å². The van der Waals surface area contributed by atoms with E-state index in [0.717, 1.165) is 22.2 Å². The number of nitriles is 1. The van der Waals surface area contributed by atoms with E-state index < -0.39 is 5.91 Å². The summed E-state index contributed by atoms with van der Waals surface area (Å²) in [5.74, 6) is -0.480. The van der Waals surface area contributed by atoms with Crippen LogP contribution < -0.4 is 5.32 Å². The highest BCUT2D eigenvalue weighted by Gasteiger charge is 2.11. The van der Waals surface area contributed by atoms with Crippen LogP contribution in [0.3, 0.4) is 0 Å². The third-order valence-electron chi connectivity index (χ3n) is 2.99. The lowest BCUT2D eigenvalue weighted by Gasteiger charge is -2.01. The molecule has 5 nitrogen and oxygen atoms in total. The first-order chi connectivity index (χ1) is 9.67. The van der Waals surface area contributed by atoms with Gasteiger partial charge in [0.1, 0.15) is 11.6 Å². The molecular formula is C15H15N3O2. The van der Waals surface area contributed by atoms with Crippen LogP contribution in [0, 0.1) is 18.3 Å². The zero-order chi connectivity index (χ0) is 14.5. The van der Waals surface area contributed by atoms with E-state index in [4.69, 9.17) is 10.4 Å². The second-order valence-electron chi connectivity index (χ2n) is 4.36. The molecule has 0 saturated carbocycles. The number of aliphatic hydroxyl groups excluding tert-OH is 1.